The largest absolute Gasteiger partial charge is 0.327 e. The normalized spacial score (nSPS) is 26.6. The molecule has 0 bridgehead atoms. The highest BCUT2D eigenvalue weighted by Crippen LogP contribution is 2.23. The lowest BCUT2D eigenvalue weighted by Gasteiger charge is -2.29. The molecule has 2 unspecified atom stereocenters. The molecule has 0 saturated carbocycles. The fourth-order valence-corrected chi connectivity index (χ4v) is 2.03. The molecule has 0 spiro atoms. The predicted molar refractivity (Wildman–Crippen MR) is 54.6 cm³/mol. The average molecular weight is 212 g/mol. The lowest BCUT2D eigenvalue weighted by Crippen LogP contribution is -2.43. The van der Waals surface area contributed by atoms with E-state index in [1.165, 1.54) is 12.1 Å². The van der Waals surface area contributed by atoms with E-state index >= 15 is 0 Å². The Hall–Kier alpha value is -1.00. The van der Waals surface area contributed by atoms with Crippen molar-refractivity contribution in [2.45, 2.75) is 18.4 Å². The van der Waals surface area contributed by atoms with Crippen molar-refractivity contribution in [1.29, 1.82) is 0 Å². The molecule has 1 heterocycles. The molecule has 1 aromatic rings. The minimum atomic E-state index is -0.539. The Morgan fingerprint density at radius 2 is 1.87 bits per heavy atom. The van der Waals surface area contributed by atoms with E-state index in [9.17, 15) is 8.78 Å². The summed E-state index contributed by atoms with van der Waals surface area (Å²) in [6.45, 7) is 1.56. The number of halogens is 2. The summed E-state index contributed by atoms with van der Waals surface area (Å²) in [6.07, 6.45) is 0.836. The molecule has 1 fully saturated rings. The number of nitrogens with two attached hydrogens (primary N) is 1. The van der Waals surface area contributed by atoms with Crippen LogP contribution in [-0.2, 0) is 0 Å². The molecular weight excluding hydrogens is 198 g/mol. The molecule has 0 radical (unpaired) electrons. The van der Waals surface area contributed by atoms with E-state index in [1.54, 1.807) is 0 Å². The van der Waals surface area contributed by atoms with Crippen molar-refractivity contribution in [3.05, 3.63) is 35.4 Å². The van der Waals surface area contributed by atoms with Gasteiger partial charge in [-0.15, -0.1) is 0 Å². The number of benzene rings is 1. The van der Waals surface area contributed by atoms with E-state index in [2.05, 4.69) is 5.32 Å². The number of hydrogen-bond donors (Lipinski definition) is 2. The van der Waals surface area contributed by atoms with E-state index in [4.69, 9.17) is 5.73 Å². The number of nitrogens with one attached hydrogen (secondary N) is 1. The van der Waals surface area contributed by atoms with Crippen LogP contribution in [0, 0.1) is 11.6 Å². The van der Waals surface area contributed by atoms with E-state index in [0.29, 0.717) is 12.1 Å². The molecule has 1 aliphatic heterocycles. The fraction of sp³-hybridized carbons (Fsp3) is 0.455. The second-order valence-corrected chi connectivity index (χ2v) is 3.97. The number of hydrogen-bond acceptors (Lipinski definition) is 2. The third-order valence-electron chi connectivity index (χ3n) is 2.85. The van der Waals surface area contributed by atoms with Crippen LogP contribution in [0.5, 0.6) is 0 Å². The van der Waals surface area contributed by atoms with Gasteiger partial charge in [-0.25, -0.2) is 8.78 Å². The molecule has 2 nitrogen and oxygen atoms in total. The second-order valence-electron chi connectivity index (χ2n) is 3.97. The zero-order valence-electron chi connectivity index (χ0n) is 8.34. The monoisotopic (exact) mass is 212 g/mol. The average Bonchev–Trinajstić information content (AvgIpc) is 2.16. The molecule has 2 rings (SSSR count). The summed E-state index contributed by atoms with van der Waals surface area (Å²) in [6, 6.07) is 3.58. The van der Waals surface area contributed by atoms with Crippen LogP contribution in [0.2, 0.25) is 0 Å². The molecule has 2 atom stereocenters. The Kier molecular flexibility index (Phi) is 2.98. The lowest BCUT2D eigenvalue weighted by atomic mass is 9.87. The van der Waals surface area contributed by atoms with Crippen LogP contribution in [0.25, 0.3) is 0 Å². The van der Waals surface area contributed by atoms with Crippen LogP contribution in [0.15, 0.2) is 18.2 Å². The van der Waals surface area contributed by atoms with Gasteiger partial charge in [0.15, 0.2) is 0 Å². The van der Waals surface area contributed by atoms with Crippen molar-refractivity contribution in [3.63, 3.8) is 0 Å². The lowest BCUT2D eigenvalue weighted by molar-refractivity contribution is 0.400. The van der Waals surface area contributed by atoms with E-state index in [1.807, 2.05) is 0 Å². The van der Waals surface area contributed by atoms with Gasteiger partial charge in [-0.2, -0.15) is 0 Å². The summed E-state index contributed by atoms with van der Waals surface area (Å²) in [5.74, 6) is -1.07. The second kappa shape index (κ2) is 4.24. The highest BCUT2D eigenvalue weighted by Gasteiger charge is 2.23. The fourth-order valence-electron chi connectivity index (χ4n) is 2.03. The van der Waals surface area contributed by atoms with Crippen molar-refractivity contribution in [1.82, 2.24) is 5.32 Å². The van der Waals surface area contributed by atoms with Crippen molar-refractivity contribution in [3.8, 4) is 0 Å². The van der Waals surface area contributed by atoms with E-state index in [-0.39, 0.29) is 12.0 Å². The first-order valence-electron chi connectivity index (χ1n) is 5.09. The SMILES string of the molecule is NC1CCNCC1c1cc(F)cc(F)c1. The molecule has 15 heavy (non-hydrogen) atoms. The van der Waals surface area contributed by atoms with Gasteiger partial charge in [-0.3, -0.25) is 0 Å². The topological polar surface area (TPSA) is 38.0 Å². The Morgan fingerprint density at radius 1 is 1.20 bits per heavy atom. The highest BCUT2D eigenvalue weighted by atomic mass is 19.1. The smallest absolute Gasteiger partial charge is 0.126 e. The van der Waals surface area contributed by atoms with Gasteiger partial charge in [0.1, 0.15) is 11.6 Å². The minimum absolute atomic E-state index is 0.00366. The summed E-state index contributed by atoms with van der Waals surface area (Å²) in [7, 11) is 0. The van der Waals surface area contributed by atoms with Gasteiger partial charge in [0.2, 0.25) is 0 Å². The molecule has 0 amide bonds. The van der Waals surface area contributed by atoms with Crippen LogP contribution in [0.4, 0.5) is 8.78 Å². The Morgan fingerprint density at radius 3 is 2.47 bits per heavy atom. The van der Waals surface area contributed by atoms with E-state index in [0.717, 1.165) is 19.0 Å². The molecule has 1 aromatic carbocycles. The predicted octanol–water partition coefficient (Wildman–Crippen LogP) is 1.37. The van der Waals surface area contributed by atoms with Crippen LogP contribution >= 0.6 is 0 Å². The molecule has 3 N–H and O–H groups in total. The summed E-state index contributed by atoms with van der Waals surface area (Å²) >= 11 is 0. The maximum Gasteiger partial charge on any atom is 0.126 e. The molecule has 82 valence electrons. The third-order valence-corrected chi connectivity index (χ3v) is 2.85. The standard InChI is InChI=1S/C11H14F2N2/c12-8-3-7(4-9(13)5-8)10-6-15-2-1-11(10)14/h3-5,10-11,15H,1-2,6,14H2. The number of rotatable bonds is 1. The summed E-state index contributed by atoms with van der Waals surface area (Å²) in [5, 5.41) is 3.18. The van der Waals surface area contributed by atoms with Crippen LogP contribution < -0.4 is 11.1 Å². The van der Waals surface area contributed by atoms with Crippen molar-refractivity contribution < 1.29 is 8.78 Å². The Balaban J connectivity index is 2.27. The summed E-state index contributed by atoms with van der Waals surface area (Å²) in [5.41, 5.74) is 6.57. The zero-order chi connectivity index (χ0) is 10.8. The number of piperidine rings is 1. The highest BCUT2D eigenvalue weighted by molar-refractivity contribution is 5.24. The third kappa shape index (κ3) is 2.33. The van der Waals surface area contributed by atoms with Crippen LogP contribution in [-0.4, -0.2) is 19.1 Å². The van der Waals surface area contributed by atoms with Crippen LogP contribution in [0.3, 0.4) is 0 Å². The van der Waals surface area contributed by atoms with E-state index < -0.39 is 11.6 Å². The minimum Gasteiger partial charge on any atom is -0.327 e. The van der Waals surface area contributed by atoms with Gasteiger partial charge in [-0.05, 0) is 30.7 Å². The maximum absolute atomic E-state index is 13.0. The first-order valence-corrected chi connectivity index (χ1v) is 5.09. The zero-order valence-corrected chi connectivity index (χ0v) is 8.34. The van der Waals surface area contributed by atoms with Gasteiger partial charge in [-0.1, -0.05) is 0 Å². The van der Waals surface area contributed by atoms with Crippen molar-refractivity contribution >= 4 is 0 Å². The van der Waals surface area contributed by atoms with Gasteiger partial charge >= 0.3 is 0 Å². The van der Waals surface area contributed by atoms with Crippen molar-refractivity contribution in [2.75, 3.05) is 13.1 Å². The maximum atomic E-state index is 13.0. The molecular formula is C11H14F2N2. The van der Waals surface area contributed by atoms with Gasteiger partial charge in [0, 0.05) is 24.6 Å². The molecule has 0 aliphatic carbocycles. The summed E-state index contributed by atoms with van der Waals surface area (Å²) < 4.78 is 26.0. The molecule has 1 aliphatic rings. The molecule has 1 saturated heterocycles. The van der Waals surface area contributed by atoms with Gasteiger partial charge in [0.05, 0.1) is 0 Å². The molecule has 4 heteroatoms. The van der Waals surface area contributed by atoms with Gasteiger partial charge in [0.25, 0.3) is 0 Å². The Labute approximate surface area is 87.5 Å². The quantitative estimate of drug-likeness (QED) is 0.737. The summed E-state index contributed by atoms with van der Waals surface area (Å²) in [4.78, 5) is 0. The first kappa shape index (κ1) is 10.5. The van der Waals surface area contributed by atoms with Crippen LogP contribution in [0.1, 0.15) is 17.9 Å². The van der Waals surface area contributed by atoms with Crippen molar-refractivity contribution in [2.24, 2.45) is 5.73 Å². The molecule has 0 aromatic heterocycles. The first-order chi connectivity index (χ1) is 7.16. The Bertz CT molecular complexity index is 334. The van der Waals surface area contributed by atoms with Gasteiger partial charge < -0.3 is 11.1 Å².